The summed E-state index contributed by atoms with van der Waals surface area (Å²) in [5.41, 5.74) is 2.58. The zero-order valence-corrected chi connectivity index (χ0v) is 18.1. The molecular weight excluding hydrogens is 356 g/mol. The van der Waals surface area contributed by atoms with Gasteiger partial charge in [-0.25, -0.2) is 0 Å². The molecular formula is C27H38O2. The van der Waals surface area contributed by atoms with Gasteiger partial charge in [0.15, 0.2) is 0 Å². The van der Waals surface area contributed by atoms with Gasteiger partial charge in [-0.3, -0.25) is 0 Å². The highest BCUT2D eigenvalue weighted by Crippen LogP contribution is 2.48. The van der Waals surface area contributed by atoms with Gasteiger partial charge in [0.25, 0.3) is 0 Å². The zero-order chi connectivity index (χ0) is 20.5. The summed E-state index contributed by atoms with van der Waals surface area (Å²) >= 11 is 0. The molecule has 0 aromatic heterocycles. The molecule has 0 aliphatic heterocycles. The van der Waals surface area contributed by atoms with Gasteiger partial charge in [0.1, 0.15) is 11.5 Å². The monoisotopic (exact) mass is 394 g/mol. The van der Waals surface area contributed by atoms with Crippen LogP contribution in [0.1, 0.15) is 95.1 Å². The minimum atomic E-state index is -0.00849. The molecule has 2 nitrogen and oxygen atoms in total. The van der Waals surface area contributed by atoms with E-state index in [1.54, 1.807) is 0 Å². The standard InChI is InChI=1S/C27H38O2/c1-2-3-4-5-6-7-8-10-22-11-9-20-27(21-22,23-12-16-25(28)17-13-23)24-14-18-26(29)19-15-24/h12-19,22,28-29H,2-11,20-21H2,1H3. The van der Waals surface area contributed by atoms with Crippen molar-refractivity contribution in [3.8, 4) is 11.5 Å². The highest BCUT2D eigenvalue weighted by Gasteiger charge is 2.39. The lowest BCUT2D eigenvalue weighted by atomic mass is 9.61. The van der Waals surface area contributed by atoms with Crippen LogP contribution in [0.2, 0.25) is 0 Å². The predicted octanol–water partition coefficient (Wildman–Crippen LogP) is 7.71. The highest BCUT2D eigenvalue weighted by molar-refractivity contribution is 5.43. The second kappa shape index (κ2) is 10.7. The van der Waals surface area contributed by atoms with Crippen molar-refractivity contribution >= 4 is 0 Å². The molecule has 1 fully saturated rings. The summed E-state index contributed by atoms with van der Waals surface area (Å²) in [5, 5.41) is 19.6. The van der Waals surface area contributed by atoms with Crippen molar-refractivity contribution in [3.05, 3.63) is 59.7 Å². The number of hydrogen-bond acceptors (Lipinski definition) is 2. The van der Waals surface area contributed by atoms with Gasteiger partial charge in [-0.05, 0) is 54.2 Å². The van der Waals surface area contributed by atoms with Crippen molar-refractivity contribution in [2.75, 3.05) is 0 Å². The Bertz CT molecular complexity index is 672. The second-order valence-corrected chi connectivity index (χ2v) is 9.05. The summed E-state index contributed by atoms with van der Waals surface area (Å²) in [4.78, 5) is 0. The molecule has 3 rings (SSSR count). The van der Waals surface area contributed by atoms with Gasteiger partial charge in [0.2, 0.25) is 0 Å². The third-order valence-corrected chi connectivity index (χ3v) is 6.91. The molecule has 1 atom stereocenters. The van der Waals surface area contributed by atoms with E-state index in [4.69, 9.17) is 0 Å². The van der Waals surface area contributed by atoms with E-state index < -0.39 is 0 Å². The van der Waals surface area contributed by atoms with Crippen LogP contribution in [0.4, 0.5) is 0 Å². The molecule has 158 valence electrons. The topological polar surface area (TPSA) is 40.5 Å². The molecule has 0 saturated heterocycles. The molecule has 1 unspecified atom stereocenters. The lowest BCUT2D eigenvalue weighted by molar-refractivity contribution is 0.240. The Labute approximate surface area is 177 Å². The molecule has 0 amide bonds. The average molecular weight is 395 g/mol. The number of benzene rings is 2. The maximum Gasteiger partial charge on any atom is 0.115 e. The van der Waals surface area contributed by atoms with Crippen molar-refractivity contribution < 1.29 is 10.2 Å². The van der Waals surface area contributed by atoms with Crippen LogP contribution >= 0.6 is 0 Å². The van der Waals surface area contributed by atoms with E-state index in [0.29, 0.717) is 11.5 Å². The summed E-state index contributed by atoms with van der Waals surface area (Å²) < 4.78 is 0. The fourth-order valence-electron chi connectivity index (χ4n) is 5.28. The van der Waals surface area contributed by atoms with Gasteiger partial charge in [-0.2, -0.15) is 0 Å². The smallest absolute Gasteiger partial charge is 0.115 e. The maximum atomic E-state index is 9.79. The van der Waals surface area contributed by atoms with Gasteiger partial charge in [0, 0.05) is 5.41 Å². The van der Waals surface area contributed by atoms with Crippen molar-refractivity contribution in [2.24, 2.45) is 5.92 Å². The lowest BCUT2D eigenvalue weighted by Crippen LogP contribution is -2.34. The van der Waals surface area contributed by atoms with Gasteiger partial charge in [-0.15, -0.1) is 0 Å². The van der Waals surface area contributed by atoms with E-state index >= 15 is 0 Å². The SMILES string of the molecule is CCCCCCCCCC1CCCC(c2ccc(O)cc2)(c2ccc(O)cc2)C1. The van der Waals surface area contributed by atoms with Crippen molar-refractivity contribution in [3.63, 3.8) is 0 Å². The molecule has 1 aliphatic rings. The third-order valence-electron chi connectivity index (χ3n) is 6.91. The molecule has 2 aromatic rings. The van der Waals surface area contributed by atoms with E-state index in [2.05, 4.69) is 31.2 Å². The van der Waals surface area contributed by atoms with E-state index in [9.17, 15) is 10.2 Å². The Morgan fingerprint density at radius 3 is 1.83 bits per heavy atom. The Morgan fingerprint density at radius 1 is 0.759 bits per heavy atom. The first-order valence-electron chi connectivity index (χ1n) is 11.7. The average Bonchev–Trinajstić information content (AvgIpc) is 2.74. The van der Waals surface area contributed by atoms with Crippen LogP contribution in [-0.2, 0) is 5.41 Å². The summed E-state index contributed by atoms with van der Waals surface area (Å²) in [6.07, 6.45) is 15.8. The van der Waals surface area contributed by atoms with Crippen LogP contribution in [0.5, 0.6) is 11.5 Å². The molecule has 0 spiro atoms. The largest absolute Gasteiger partial charge is 0.508 e. The first kappa shape index (κ1) is 21.7. The minimum absolute atomic E-state index is 0.00849. The summed E-state index contributed by atoms with van der Waals surface area (Å²) in [6, 6.07) is 15.6. The molecule has 0 heterocycles. The number of rotatable bonds is 10. The van der Waals surface area contributed by atoms with Gasteiger partial charge >= 0.3 is 0 Å². The van der Waals surface area contributed by atoms with E-state index in [0.717, 1.165) is 12.3 Å². The summed E-state index contributed by atoms with van der Waals surface area (Å²) in [7, 11) is 0. The molecule has 2 heteroatoms. The van der Waals surface area contributed by atoms with E-state index in [1.165, 1.54) is 81.8 Å². The fraction of sp³-hybridized carbons (Fsp3) is 0.556. The van der Waals surface area contributed by atoms with Crippen LogP contribution in [0.3, 0.4) is 0 Å². The summed E-state index contributed by atoms with van der Waals surface area (Å²) in [6.45, 7) is 2.28. The number of phenols is 2. The van der Waals surface area contributed by atoms with E-state index in [-0.39, 0.29) is 5.41 Å². The molecule has 2 aromatic carbocycles. The second-order valence-electron chi connectivity index (χ2n) is 9.05. The molecule has 2 N–H and O–H groups in total. The molecule has 1 saturated carbocycles. The van der Waals surface area contributed by atoms with Crippen LogP contribution < -0.4 is 0 Å². The van der Waals surface area contributed by atoms with Crippen molar-refractivity contribution in [1.29, 1.82) is 0 Å². The Balaban J connectivity index is 1.69. The number of aromatic hydroxyl groups is 2. The van der Waals surface area contributed by atoms with Crippen LogP contribution in [0.25, 0.3) is 0 Å². The number of phenolic OH excluding ortho intramolecular Hbond substituents is 2. The maximum absolute atomic E-state index is 9.79. The van der Waals surface area contributed by atoms with Crippen LogP contribution in [0.15, 0.2) is 48.5 Å². The molecule has 0 bridgehead atoms. The van der Waals surface area contributed by atoms with Gasteiger partial charge in [-0.1, -0.05) is 95.4 Å². The number of hydrogen-bond donors (Lipinski definition) is 2. The molecule has 1 aliphatic carbocycles. The number of unbranched alkanes of at least 4 members (excludes halogenated alkanes) is 6. The van der Waals surface area contributed by atoms with E-state index in [1.807, 2.05) is 24.3 Å². The lowest BCUT2D eigenvalue weighted by Gasteiger charge is -2.42. The summed E-state index contributed by atoms with van der Waals surface area (Å²) in [5.74, 6) is 1.40. The fourth-order valence-corrected chi connectivity index (χ4v) is 5.28. The van der Waals surface area contributed by atoms with Crippen molar-refractivity contribution in [1.82, 2.24) is 0 Å². The first-order chi connectivity index (χ1) is 14.1. The molecule has 0 radical (unpaired) electrons. The molecule has 29 heavy (non-hydrogen) atoms. The van der Waals surface area contributed by atoms with Gasteiger partial charge < -0.3 is 10.2 Å². The predicted molar refractivity (Wildman–Crippen MR) is 122 cm³/mol. The quantitative estimate of drug-likeness (QED) is 0.405. The normalized spacial score (nSPS) is 18.6. The highest BCUT2D eigenvalue weighted by atomic mass is 16.3. The van der Waals surface area contributed by atoms with Crippen molar-refractivity contribution in [2.45, 2.75) is 89.4 Å². The van der Waals surface area contributed by atoms with Crippen LogP contribution in [0, 0.1) is 5.92 Å². The van der Waals surface area contributed by atoms with Gasteiger partial charge in [0.05, 0.1) is 0 Å². The van der Waals surface area contributed by atoms with Crippen LogP contribution in [-0.4, -0.2) is 10.2 Å². The first-order valence-corrected chi connectivity index (χ1v) is 11.7. The Kier molecular flexibility index (Phi) is 8.03. The third kappa shape index (κ3) is 5.78. The Hall–Kier alpha value is -1.96. The minimum Gasteiger partial charge on any atom is -0.508 e. The zero-order valence-electron chi connectivity index (χ0n) is 18.1. The Morgan fingerprint density at radius 2 is 1.28 bits per heavy atom.